The van der Waals surface area contributed by atoms with Crippen LogP contribution < -0.4 is 5.73 Å². The maximum atomic E-state index is 9.34. The summed E-state index contributed by atoms with van der Waals surface area (Å²) in [5, 5.41) is 27.2. The number of hydrogen-bond acceptors (Lipinski definition) is 5. The highest BCUT2D eigenvalue weighted by atomic mass is 32.2. The Kier molecular flexibility index (Phi) is 4.67. The molecule has 1 aromatic rings. The number of hydrogen-bond donors (Lipinski definition) is 2. The molecule has 0 bridgehead atoms. The van der Waals surface area contributed by atoms with Gasteiger partial charge in [-0.1, -0.05) is 49.0 Å². The molecule has 1 aliphatic heterocycles. The zero-order valence-electron chi connectivity index (χ0n) is 11.7. The molecule has 0 unspecified atom stereocenters. The van der Waals surface area contributed by atoms with Crippen LogP contribution in [0, 0.1) is 39.9 Å². The van der Waals surface area contributed by atoms with Crippen LogP contribution >= 0.6 is 11.8 Å². The number of nitrogens with one attached hydrogen (secondary N) is 1. The van der Waals surface area contributed by atoms with Crippen LogP contribution in [0.1, 0.15) is 24.8 Å². The Morgan fingerprint density at radius 1 is 1.33 bits per heavy atom. The molecule has 0 fully saturated rings. The smallest absolute Gasteiger partial charge is 0.102 e. The molecule has 3 N–H and O–H groups in total. The molecule has 0 radical (unpaired) electrons. The van der Waals surface area contributed by atoms with E-state index in [2.05, 4.69) is 19.1 Å². The summed E-state index contributed by atoms with van der Waals surface area (Å²) in [4.78, 5) is 0. The van der Waals surface area contributed by atoms with Crippen LogP contribution in [0.15, 0.2) is 40.9 Å². The lowest BCUT2D eigenvalue weighted by Crippen LogP contribution is -2.29. The van der Waals surface area contributed by atoms with E-state index in [0.29, 0.717) is 17.0 Å². The van der Waals surface area contributed by atoms with Crippen LogP contribution in [0.4, 0.5) is 0 Å². The van der Waals surface area contributed by atoms with E-state index in [0.717, 1.165) is 17.3 Å². The van der Waals surface area contributed by atoms with Crippen molar-refractivity contribution in [3.05, 3.63) is 46.5 Å². The van der Waals surface area contributed by atoms with Crippen molar-refractivity contribution in [1.82, 2.24) is 0 Å². The lowest BCUT2D eigenvalue weighted by molar-refractivity contribution is 0.478. The molecule has 0 aromatic heterocycles. The van der Waals surface area contributed by atoms with Crippen molar-refractivity contribution in [3.8, 4) is 12.1 Å². The predicted molar refractivity (Wildman–Crippen MR) is 84.2 cm³/mol. The third-order valence-corrected chi connectivity index (χ3v) is 4.69. The summed E-state index contributed by atoms with van der Waals surface area (Å²) in [6, 6.07) is 14.3. The minimum atomic E-state index is -0.580. The second kappa shape index (κ2) is 6.47. The fourth-order valence-corrected chi connectivity index (χ4v) is 3.50. The van der Waals surface area contributed by atoms with Gasteiger partial charge in [-0.05, 0) is 17.9 Å². The molecule has 0 saturated heterocycles. The molecular formula is C16H16N4S. The number of benzene rings is 1. The molecule has 5 heteroatoms. The average Bonchev–Trinajstić information content (AvgIpc) is 2.48. The van der Waals surface area contributed by atoms with E-state index in [1.165, 1.54) is 0 Å². The molecule has 1 heterocycles. The van der Waals surface area contributed by atoms with Crippen LogP contribution in [-0.2, 0) is 0 Å². The van der Waals surface area contributed by atoms with E-state index in [-0.39, 0.29) is 16.9 Å². The van der Waals surface area contributed by atoms with Crippen LogP contribution in [-0.4, -0.2) is 5.04 Å². The topological polar surface area (TPSA) is 97.4 Å². The van der Waals surface area contributed by atoms with E-state index in [1.54, 1.807) is 0 Å². The first-order valence-corrected chi connectivity index (χ1v) is 7.50. The molecule has 0 spiro atoms. The first-order chi connectivity index (χ1) is 10.1. The Bertz CT molecular complexity index is 651. The molecule has 2 rings (SSSR count). The van der Waals surface area contributed by atoms with Gasteiger partial charge in [0, 0.05) is 5.92 Å². The first kappa shape index (κ1) is 15.2. The molecule has 0 aliphatic carbocycles. The summed E-state index contributed by atoms with van der Waals surface area (Å²) in [5.74, 6) is -0.689. The number of nitriles is 2. The Morgan fingerprint density at radius 3 is 2.57 bits per heavy atom. The van der Waals surface area contributed by atoms with Gasteiger partial charge in [-0.15, -0.1) is 0 Å². The molecule has 0 saturated carbocycles. The number of rotatable bonds is 3. The van der Waals surface area contributed by atoms with Gasteiger partial charge < -0.3 is 5.73 Å². The van der Waals surface area contributed by atoms with Gasteiger partial charge in [-0.25, -0.2) is 0 Å². The average molecular weight is 296 g/mol. The maximum absolute atomic E-state index is 9.34. The molecule has 106 valence electrons. The van der Waals surface area contributed by atoms with E-state index in [4.69, 9.17) is 11.1 Å². The van der Waals surface area contributed by atoms with E-state index < -0.39 is 5.92 Å². The van der Waals surface area contributed by atoms with Crippen molar-refractivity contribution in [2.45, 2.75) is 19.3 Å². The molecule has 0 amide bonds. The second-order valence-corrected chi connectivity index (χ2v) is 6.20. The molecule has 21 heavy (non-hydrogen) atoms. The van der Waals surface area contributed by atoms with Gasteiger partial charge in [-0.2, -0.15) is 10.5 Å². The molecule has 1 aliphatic rings. The number of nitrogens with zero attached hydrogens (tertiary/aromatic N) is 2. The van der Waals surface area contributed by atoms with Gasteiger partial charge in [0.15, 0.2) is 0 Å². The summed E-state index contributed by atoms with van der Waals surface area (Å²) in [6.45, 7) is 2.07. The largest absolute Gasteiger partial charge is 0.392 e. The summed E-state index contributed by atoms with van der Waals surface area (Å²) >= 11 is 1.03. The Balaban J connectivity index is 2.31. The Morgan fingerprint density at radius 2 is 2.00 bits per heavy atom. The van der Waals surface area contributed by atoms with Gasteiger partial charge >= 0.3 is 0 Å². The molecule has 4 nitrogen and oxygen atoms in total. The van der Waals surface area contributed by atoms with E-state index in [1.807, 2.05) is 30.3 Å². The third kappa shape index (κ3) is 3.09. The lowest BCUT2D eigenvalue weighted by atomic mass is 9.79. The van der Waals surface area contributed by atoms with Gasteiger partial charge in [0.2, 0.25) is 0 Å². The Labute approximate surface area is 128 Å². The summed E-state index contributed by atoms with van der Waals surface area (Å²) in [5.41, 5.74) is 7.48. The fourth-order valence-electron chi connectivity index (χ4n) is 2.61. The van der Waals surface area contributed by atoms with Crippen molar-refractivity contribution in [2.24, 2.45) is 17.6 Å². The van der Waals surface area contributed by atoms with Crippen LogP contribution in [0.5, 0.6) is 0 Å². The zero-order chi connectivity index (χ0) is 15.4. The highest BCUT2D eigenvalue weighted by molar-refractivity contribution is 8.17. The van der Waals surface area contributed by atoms with E-state index >= 15 is 0 Å². The van der Waals surface area contributed by atoms with Gasteiger partial charge in [-0.3, -0.25) is 5.41 Å². The number of nitrogens with two attached hydrogens (primary N) is 1. The molecular weight excluding hydrogens is 280 g/mol. The van der Waals surface area contributed by atoms with Crippen molar-refractivity contribution in [1.29, 1.82) is 15.9 Å². The van der Waals surface area contributed by atoms with Crippen molar-refractivity contribution in [3.63, 3.8) is 0 Å². The number of thioether (sulfide) groups is 1. The van der Waals surface area contributed by atoms with E-state index in [9.17, 15) is 10.5 Å². The quantitative estimate of drug-likeness (QED) is 0.893. The zero-order valence-corrected chi connectivity index (χ0v) is 12.5. The predicted octanol–water partition coefficient (Wildman–Crippen LogP) is 3.35. The Hall–Kier alpha value is -2.24. The molecule has 3 atom stereocenters. The lowest BCUT2D eigenvalue weighted by Gasteiger charge is -2.29. The highest BCUT2D eigenvalue weighted by Gasteiger charge is 2.36. The van der Waals surface area contributed by atoms with Crippen LogP contribution in [0.2, 0.25) is 0 Å². The van der Waals surface area contributed by atoms with Gasteiger partial charge in [0.1, 0.15) is 5.92 Å². The monoisotopic (exact) mass is 296 g/mol. The highest BCUT2D eigenvalue weighted by Crippen LogP contribution is 2.41. The third-order valence-electron chi connectivity index (χ3n) is 3.78. The van der Waals surface area contributed by atoms with Gasteiger partial charge in [0.25, 0.3) is 0 Å². The van der Waals surface area contributed by atoms with Crippen molar-refractivity contribution in [2.75, 3.05) is 0 Å². The first-order valence-electron chi connectivity index (χ1n) is 6.69. The van der Waals surface area contributed by atoms with Crippen LogP contribution in [0.3, 0.4) is 0 Å². The van der Waals surface area contributed by atoms with Gasteiger partial charge in [0.05, 0.1) is 27.8 Å². The summed E-state index contributed by atoms with van der Waals surface area (Å²) in [7, 11) is 0. The summed E-state index contributed by atoms with van der Waals surface area (Å²) < 4.78 is 0. The van der Waals surface area contributed by atoms with Crippen molar-refractivity contribution >= 4 is 16.8 Å². The minimum Gasteiger partial charge on any atom is -0.392 e. The second-order valence-electron chi connectivity index (χ2n) is 5.12. The normalized spacial score (nSPS) is 23.3. The standard InChI is InChI=1S/C16H16N4S/c1-10(11-5-3-2-4-6-11)7-12-13(8-17)15(19)21-16(20)14(12)9-18/h2-6,10,12-13,19H,7,20H2,1H3/t10-,12+,13-/m0/s1. The number of allylic oxidation sites excluding steroid dienone is 1. The molecule has 1 aromatic carbocycles. The summed E-state index contributed by atoms with van der Waals surface area (Å²) in [6.07, 6.45) is 0.634. The SMILES string of the molecule is C[C@@H](C[C@H]1C(C#N)=C(N)SC(=N)[C@H]1C#N)c1ccccc1. The fraction of sp³-hybridized carbons (Fsp3) is 0.312. The minimum absolute atomic E-state index is 0.194. The maximum Gasteiger partial charge on any atom is 0.102 e. The van der Waals surface area contributed by atoms with Crippen LogP contribution in [0.25, 0.3) is 0 Å². The van der Waals surface area contributed by atoms with Crippen molar-refractivity contribution < 1.29 is 0 Å².